The lowest BCUT2D eigenvalue weighted by atomic mass is 10.2. The fourth-order valence-corrected chi connectivity index (χ4v) is 2.58. The molecule has 0 bridgehead atoms. The lowest BCUT2D eigenvalue weighted by Gasteiger charge is -2.35. The molecule has 7 heteroatoms. The minimum Gasteiger partial charge on any atom is -0.452 e. The summed E-state index contributed by atoms with van der Waals surface area (Å²) in [5, 5.41) is -0.0499. The van der Waals surface area contributed by atoms with Crippen molar-refractivity contribution in [3.63, 3.8) is 0 Å². The van der Waals surface area contributed by atoms with E-state index in [9.17, 15) is 14.0 Å². The summed E-state index contributed by atoms with van der Waals surface area (Å²) in [6, 6.07) is 3.35. The number of hydrogen-bond donors (Lipinski definition) is 0. The van der Waals surface area contributed by atoms with E-state index in [-0.39, 0.29) is 35.3 Å². The molecule has 0 saturated carbocycles. The zero-order valence-corrected chi connectivity index (χ0v) is 13.1. The predicted molar refractivity (Wildman–Crippen MR) is 78.3 cm³/mol. The maximum atomic E-state index is 12.9. The van der Waals surface area contributed by atoms with Gasteiger partial charge in [-0.1, -0.05) is 11.6 Å². The smallest absolute Gasteiger partial charge is 0.340 e. The molecule has 120 valence electrons. The van der Waals surface area contributed by atoms with E-state index >= 15 is 0 Å². The third-order valence-corrected chi connectivity index (χ3v) is 3.56. The van der Waals surface area contributed by atoms with Gasteiger partial charge in [0.15, 0.2) is 6.61 Å². The Hall–Kier alpha value is -1.66. The number of morpholine rings is 1. The first-order valence-corrected chi connectivity index (χ1v) is 7.30. The van der Waals surface area contributed by atoms with Crippen molar-refractivity contribution in [3.8, 4) is 0 Å². The van der Waals surface area contributed by atoms with Crippen LogP contribution >= 0.6 is 11.6 Å². The van der Waals surface area contributed by atoms with Crippen LogP contribution in [0.1, 0.15) is 24.2 Å². The summed E-state index contributed by atoms with van der Waals surface area (Å²) in [7, 11) is 0. The SMILES string of the molecule is C[C@@H]1CN(C(=O)COC(=O)c2ccc(F)cc2Cl)C[C@H](C)O1. The minimum atomic E-state index is -0.757. The lowest BCUT2D eigenvalue weighted by Crippen LogP contribution is -2.49. The summed E-state index contributed by atoms with van der Waals surface area (Å²) in [5.74, 6) is -1.60. The Labute approximate surface area is 132 Å². The van der Waals surface area contributed by atoms with Crippen LogP contribution in [0.5, 0.6) is 0 Å². The van der Waals surface area contributed by atoms with Gasteiger partial charge in [-0.25, -0.2) is 9.18 Å². The molecule has 0 aromatic heterocycles. The average molecular weight is 330 g/mol. The predicted octanol–water partition coefficient (Wildman–Crippen LogP) is 2.27. The highest BCUT2D eigenvalue weighted by Crippen LogP contribution is 2.18. The quantitative estimate of drug-likeness (QED) is 0.798. The van der Waals surface area contributed by atoms with Crippen LogP contribution in [0, 0.1) is 5.82 Å². The zero-order valence-electron chi connectivity index (χ0n) is 12.3. The molecular formula is C15H17ClFNO4. The van der Waals surface area contributed by atoms with Gasteiger partial charge >= 0.3 is 5.97 Å². The molecule has 1 aromatic rings. The molecule has 2 rings (SSSR count). The number of halogens is 2. The molecule has 0 radical (unpaired) electrons. The maximum Gasteiger partial charge on any atom is 0.340 e. The highest BCUT2D eigenvalue weighted by Gasteiger charge is 2.26. The van der Waals surface area contributed by atoms with Gasteiger partial charge in [0, 0.05) is 13.1 Å². The number of esters is 1. The van der Waals surface area contributed by atoms with Gasteiger partial charge in [0.2, 0.25) is 0 Å². The van der Waals surface area contributed by atoms with Crippen molar-refractivity contribution in [1.82, 2.24) is 4.90 Å². The third-order valence-electron chi connectivity index (χ3n) is 3.25. The molecule has 1 aliphatic rings. The van der Waals surface area contributed by atoms with E-state index in [2.05, 4.69) is 0 Å². The number of carbonyl (C=O) groups excluding carboxylic acids is 2. The Bertz CT molecular complexity index is 571. The third kappa shape index (κ3) is 4.18. The van der Waals surface area contributed by atoms with Crippen molar-refractivity contribution in [2.45, 2.75) is 26.1 Å². The first kappa shape index (κ1) is 16.7. The van der Waals surface area contributed by atoms with Gasteiger partial charge in [-0.05, 0) is 32.0 Å². The van der Waals surface area contributed by atoms with Crippen LogP contribution in [0.4, 0.5) is 4.39 Å². The van der Waals surface area contributed by atoms with E-state index < -0.39 is 11.8 Å². The molecule has 5 nitrogen and oxygen atoms in total. The van der Waals surface area contributed by atoms with E-state index in [1.54, 1.807) is 4.90 Å². The number of carbonyl (C=O) groups is 2. The zero-order chi connectivity index (χ0) is 16.3. The average Bonchev–Trinajstić information content (AvgIpc) is 2.43. The highest BCUT2D eigenvalue weighted by molar-refractivity contribution is 6.33. The topological polar surface area (TPSA) is 55.8 Å². The van der Waals surface area contributed by atoms with Gasteiger partial charge < -0.3 is 14.4 Å². The highest BCUT2D eigenvalue weighted by atomic mass is 35.5. The van der Waals surface area contributed by atoms with Gasteiger partial charge in [0.05, 0.1) is 22.8 Å². The number of nitrogens with zero attached hydrogens (tertiary/aromatic N) is 1. The van der Waals surface area contributed by atoms with Crippen LogP contribution in [0.15, 0.2) is 18.2 Å². The molecule has 1 aliphatic heterocycles. The van der Waals surface area contributed by atoms with Crippen LogP contribution in [-0.4, -0.2) is 48.7 Å². The monoisotopic (exact) mass is 329 g/mol. The molecule has 0 aliphatic carbocycles. The normalized spacial score (nSPS) is 21.5. The molecule has 22 heavy (non-hydrogen) atoms. The Morgan fingerprint density at radius 3 is 2.59 bits per heavy atom. The molecule has 0 unspecified atom stereocenters. The van der Waals surface area contributed by atoms with Crippen LogP contribution < -0.4 is 0 Å². The van der Waals surface area contributed by atoms with Crippen LogP contribution in [0.25, 0.3) is 0 Å². The van der Waals surface area contributed by atoms with Crippen LogP contribution in [-0.2, 0) is 14.3 Å². The Balaban J connectivity index is 1.91. The van der Waals surface area contributed by atoms with Crippen LogP contribution in [0.3, 0.4) is 0 Å². The second kappa shape index (κ2) is 7.07. The lowest BCUT2D eigenvalue weighted by molar-refractivity contribution is -0.146. The van der Waals surface area contributed by atoms with E-state index in [1.165, 1.54) is 6.07 Å². The number of ether oxygens (including phenoxy) is 2. The molecular weight excluding hydrogens is 313 g/mol. The van der Waals surface area contributed by atoms with E-state index in [0.29, 0.717) is 13.1 Å². The number of benzene rings is 1. The fourth-order valence-electron chi connectivity index (χ4n) is 2.33. The number of amides is 1. The van der Waals surface area contributed by atoms with Gasteiger partial charge in [-0.3, -0.25) is 4.79 Å². The van der Waals surface area contributed by atoms with E-state index in [4.69, 9.17) is 21.1 Å². The molecule has 1 amide bonds. The number of hydrogen-bond acceptors (Lipinski definition) is 4. The van der Waals surface area contributed by atoms with Crippen molar-refractivity contribution in [3.05, 3.63) is 34.6 Å². The molecule has 1 heterocycles. The number of rotatable bonds is 3. The first-order valence-electron chi connectivity index (χ1n) is 6.92. The van der Waals surface area contributed by atoms with Gasteiger partial charge in [0.1, 0.15) is 5.82 Å². The van der Waals surface area contributed by atoms with Gasteiger partial charge in [-0.15, -0.1) is 0 Å². The maximum absolute atomic E-state index is 12.9. The fraction of sp³-hybridized carbons (Fsp3) is 0.467. The van der Waals surface area contributed by atoms with Crippen molar-refractivity contribution in [2.75, 3.05) is 19.7 Å². The molecule has 0 N–H and O–H groups in total. The summed E-state index contributed by atoms with van der Waals surface area (Å²) >= 11 is 5.77. The summed E-state index contributed by atoms with van der Waals surface area (Å²) in [6.07, 6.45) is -0.120. The molecule has 1 fully saturated rings. The first-order chi connectivity index (χ1) is 10.4. The Kier molecular flexibility index (Phi) is 5.37. The summed E-state index contributed by atoms with van der Waals surface area (Å²) < 4.78 is 23.4. The summed E-state index contributed by atoms with van der Waals surface area (Å²) in [6.45, 7) is 4.28. The standard InChI is InChI=1S/C15H17ClFNO4/c1-9-6-18(7-10(2)22-9)14(19)8-21-15(20)12-4-3-11(17)5-13(12)16/h3-5,9-10H,6-8H2,1-2H3/t9-,10+. The summed E-state index contributed by atoms with van der Waals surface area (Å²) in [4.78, 5) is 25.5. The molecule has 2 atom stereocenters. The van der Waals surface area contributed by atoms with E-state index in [1.807, 2.05) is 13.8 Å². The molecule has 1 saturated heterocycles. The van der Waals surface area contributed by atoms with Crippen molar-refractivity contribution in [2.24, 2.45) is 0 Å². The Morgan fingerprint density at radius 1 is 1.36 bits per heavy atom. The van der Waals surface area contributed by atoms with Crippen molar-refractivity contribution < 1.29 is 23.5 Å². The van der Waals surface area contributed by atoms with Crippen LogP contribution in [0.2, 0.25) is 5.02 Å². The van der Waals surface area contributed by atoms with Gasteiger partial charge in [-0.2, -0.15) is 0 Å². The Morgan fingerprint density at radius 2 is 2.00 bits per heavy atom. The van der Waals surface area contributed by atoms with Crippen molar-refractivity contribution >= 4 is 23.5 Å². The minimum absolute atomic E-state index is 0.0274. The molecule has 1 aromatic carbocycles. The molecule has 0 spiro atoms. The van der Waals surface area contributed by atoms with Crippen molar-refractivity contribution in [1.29, 1.82) is 0 Å². The van der Waals surface area contributed by atoms with Gasteiger partial charge in [0.25, 0.3) is 5.91 Å². The second-order valence-electron chi connectivity index (χ2n) is 5.26. The summed E-state index contributed by atoms with van der Waals surface area (Å²) in [5.41, 5.74) is 0.0274. The largest absolute Gasteiger partial charge is 0.452 e. The second-order valence-corrected chi connectivity index (χ2v) is 5.66. The van der Waals surface area contributed by atoms with E-state index in [0.717, 1.165) is 12.1 Å².